The Hall–Kier alpha value is -2.53. The molecule has 23 heavy (non-hydrogen) atoms. The van der Waals surface area contributed by atoms with Crippen molar-refractivity contribution in [2.45, 2.75) is 12.3 Å². The lowest BCUT2D eigenvalue weighted by Gasteiger charge is -2.14. The van der Waals surface area contributed by atoms with E-state index < -0.39 is 5.92 Å². The monoisotopic (exact) mass is 331 g/mol. The summed E-state index contributed by atoms with van der Waals surface area (Å²) in [6.45, 7) is 0. The summed E-state index contributed by atoms with van der Waals surface area (Å²) < 4.78 is 5.14. The van der Waals surface area contributed by atoms with Gasteiger partial charge in [-0.3, -0.25) is 4.79 Å². The quantitative estimate of drug-likeness (QED) is 0.650. The molecule has 0 aromatic heterocycles. The number of hydrogen-bond acceptors (Lipinski definition) is 2. The molecule has 0 aliphatic heterocycles. The van der Waals surface area contributed by atoms with Gasteiger partial charge < -0.3 is 16.2 Å². The number of amides is 1. The minimum atomic E-state index is -0.484. The lowest BCUT2D eigenvalue weighted by atomic mass is 9.91. The first kappa shape index (κ1) is 16.8. The predicted molar refractivity (Wildman–Crippen MR) is 91.7 cm³/mol. The molecule has 2 rings (SSSR count). The Labute approximate surface area is 139 Å². The number of aliphatic imine (C=N–C) groups is 1. The molecule has 0 saturated heterocycles. The fourth-order valence-corrected chi connectivity index (χ4v) is 2.37. The molecule has 0 bridgehead atoms. The molecule has 1 unspecified atom stereocenters. The van der Waals surface area contributed by atoms with Crippen LogP contribution in [0.4, 0.5) is 0 Å². The summed E-state index contributed by atoms with van der Waals surface area (Å²) in [5.41, 5.74) is 12.5. The van der Waals surface area contributed by atoms with Crippen molar-refractivity contribution in [3.8, 4) is 5.75 Å². The summed E-state index contributed by atoms with van der Waals surface area (Å²) in [6.07, 6.45) is 0.473. The third-order valence-corrected chi connectivity index (χ3v) is 3.66. The SMILES string of the molecule is COc1ccc(CC(C(=O)N=C(N)N)c2ccc(Cl)cc2)cc1. The second-order valence-corrected chi connectivity index (χ2v) is 5.47. The van der Waals surface area contributed by atoms with Gasteiger partial charge in [-0.2, -0.15) is 4.99 Å². The molecule has 1 atom stereocenters. The van der Waals surface area contributed by atoms with E-state index in [9.17, 15) is 4.79 Å². The van der Waals surface area contributed by atoms with Crippen LogP contribution in [0, 0.1) is 0 Å². The summed E-state index contributed by atoms with van der Waals surface area (Å²) in [5.74, 6) is -0.359. The van der Waals surface area contributed by atoms with E-state index in [2.05, 4.69) is 4.99 Å². The third kappa shape index (κ3) is 4.72. The summed E-state index contributed by atoms with van der Waals surface area (Å²) in [5, 5.41) is 0.603. The summed E-state index contributed by atoms with van der Waals surface area (Å²) in [4.78, 5) is 16.0. The Morgan fingerprint density at radius 1 is 1.13 bits per heavy atom. The molecule has 0 radical (unpaired) electrons. The van der Waals surface area contributed by atoms with Gasteiger partial charge in [0.15, 0.2) is 5.96 Å². The number of carbonyl (C=O) groups excluding carboxylic acids is 1. The van der Waals surface area contributed by atoms with E-state index in [4.69, 9.17) is 27.8 Å². The molecule has 0 saturated carbocycles. The number of nitrogens with two attached hydrogens (primary N) is 2. The van der Waals surface area contributed by atoms with Crippen LogP contribution >= 0.6 is 11.6 Å². The number of benzene rings is 2. The van der Waals surface area contributed by atoms with Crippen LogP contribution in [0.3, 0.4) is 0 Å². The van der Waals surface area contributed by atoms with E-state index >= 15 is 0 Å². The molecule has 0 fully saturated rings. The first-order valence-corrected chi connectivity index (χ1v) is 7.39. The number of rotatable bonds is 5. The molecular weight excluding hydrogens is 314 g/mol. The highest BCUT2D eigenvalue weighted by atomic mass is 35.5. The van der Waals surface area contributed by atoms with Gasteiger partial charge in [-0.05, 0) is 41.8 Å². The zero-order valence-corrected chi connectivity index (χ0v) is 13.5. The van der Waals surface area contributed by atoms with Gasteiger partial charge in [0.05, 0.1) is 13.0 Å². The van der Waals surface area contributed by atoms with E-state index in [0.29, 0.717) is 11.4 Å². The van der Waals surface area contributed by atoms with Crippen molar-refractivity contribution < 1.29 is 9.53 Å². The van der Waals surface area contributed by atoms with Crippen LogP contribution in [0.1, 0.15) is 17.0 Å². The lowest BCUT2D eigenvalue weighted by Crippen LogP contribution is -2.26. The molecule has 0 aliphatic carbocycles. The first-order valence-electron chi connectivity index (χ1n) is 7.01. The Kier molecular flexibility index (Phi) is 5.60. The maximum atomic E-state index is 12.4. The van der Waals surface area contributed by atoms with Gasteiger partial charge in [-0.1, -0.05) is 35.9 Å². The van der Waals surface area contributed by atoms with E-state index in [1.165, 1.54) is 0 Å². The largest absolute Gasteiger partial charge is 0.497 e. The van der Waals surface area contributed by atoms with Crippen LogP contribution in [0.15, 0.2) is 53.5 Å². The number of halogens is 1. The zero-order chi connectivity index (χ0) is 16.8. The number of ether oxygens (including phenoxy) is 1. The maximum absolute atomic E-state index is 12.4. The molecule has 5 nitrogen and oxygen atoms in total. The van der Waals surface area contributed by atoms with Crippen LogP contribution in [0.5, 0.6) is 5.75 Å². The van der Waals surface area contributed by atoms with Crippen molar-refractivity contribution in [3.63, 3.8) is 0 Å². The molecule has 120 valence electrons. The number of hydrogen-bond donors (Lipinski definition) is 2. The highest BCUT2D eigenvalue weighted by molar-refractivity contribution is 6.30. The lowest BCUT2D eigenvalue weighted by molar-refractivity contribution is -0.119. The average Bonchev–Trinajstić information content (AvgIpc) is 2.53. The average molecular weight is 332 g/mol. The molecular formula is C17H18ClN3O2. The smallest absolute Gasteiger partial charge is 0.256 e. The second kappa shape index (κ2) is 7.65. The number of guanidine groups is 1. The Morgan fingerprint density at radius 3 is 2.26 bits per heavy atom. The van der Waals surface area contributed by atoms with Gasteiger partial charge in [0.1, 0.15) is 5.75 Å². The van der Waals surface area contributed by atoms with E-state index in [1.54, 1.807) is 31.4 Å². The minimum Gasteiger partial charge on any atom is -0.497 e. The Morgan fingerprint density at radius 2 is 1.74 bits per heavy atom. The van der Waals surface area contributed by atoms with E-state index in [0.717, 1.165) is 16.9 Å². The predicted octanol–water partition coefficient (Wildman–Crippen LogP) is 2.47. The normalized spacial score (nSPS) is 11.6. The van der Waals surface area contributed by atoms with Crippen molar-refractivity contribution in [3.05, 3.63) is 64.7 Å². The molecule has 2 aromatic carbocycles. The summed E-state index contributed by atoms with van der Waals surface area (Å²) in [6, 6.07) is 14.6. The van der Waals surface area contributed by atoms with Crippen molar-refractivity contribution in [2.75, 3.05) is 7.11 Å². The zero-order valence-electron chi connectivity index (χ0n) is 12.7. The molecule has 0 aliphatic rings. The van der Waals surface area contributed by atoms with Crippen molar-refractivity contribution in [2.24, 2.45) is 16.5 Å². The third-order valence-electron chi connectivity index (χ3n) is 3.41. The molecule has 0 spiro atoms. The minimum absolute atomic E-state index is 0.247. The summed E-state index contributed by atoms with van der Waals surface area (Å²) >= 11 is 5.91. The van der Waals surface area contributed by atoms with Crippen molar-refractivity contribution in [1.29, 1.82) is 0 Å². The van der Waals surface area contributed by atoms with Crippen LogP contribution < -0.4 is 16.2 Å². The van der Waals surface area contributed by atoms with Crippen molar-refractivity contribution in [1.82, 2.24) is 0 Å². The molecule has 0 heterocycles. The number of carbonyl (C=O) groups is 1. The fraction of sp³-hybridized carbons (Fsp3) is 0.176. The molecule has 4 N–H and O–H groups in total. The number of methoxy groups -OCH3 is 1. The molecule has 2 aromatic rings. The van der Waals surface area contributed by atoms with Gasteiger partial charge in [0.25, 0.3) is 5.91 Å². The van der Waals surface area contributed by atoms with Gasteiger partial charge in [-0.15, -0.1) is 0 Å². The summed E-state index contributed by atoms with van der Waals surface area (Å²) in [7, 11) is 1.60. The maximum Gasteiger partial charge on any atom is 0.256 e. The highest BCUT2D eigenvalue weighted by Gasteiger charge is 2.21. The van der Waals surface area contributed by atoms with E-state index in [-0.39, 0.29) is 11.9 Å². The Balaban J connectivity index is 2.30. The van der Waals surface area contributed by atoms with E-state index in [1.807, 2.05) is 24.3 Å². The van der Waals surface area contributed by atoms with Crippen LogP contribution in [-0.2, 0) is 11.2 Å². The van der Waals surface area contributed by atoms with Crippen molar-refractivity contribution >= 4 is 23.5 Å². The van der Waals surface area contributed by atoms with Crippen LogP contribution in [0.25, 0.3) is 0 Å². The highest BCUT2D eigenvalue weighted by Crippen LogP contribution is 2.25. The fourth-order valence-electron chi connectivity index (χ4n) is 2.25. The topological polar surface area (TPSA) is 90.7 Å². The second-order valence-electron chi connectivity index (χ2n) is 5.03. The molecule has 6 heteroatoms. The van der Waals surface area contributed by atoms with Crippen LogP contribution in [0.2, 0.25) is 5.02 Å². The van der Waals surface area contributed by atoms with Gasteiger partial charge >= 0.3 is 0 Å². The standard InChI is InChI=1S/C17H18ClN3O2/c1-23-14-8-2-11(3-9-14)10-15(16(22)21-17(19)20)12-4-6-13(18)7-5-12/h2-9,15H,10H2,1H3,(H4,19,20,21,22). The number of nitrogens with zero attached hydrogens (tertiary/aromatic N) is 1. The van der Waals surface area contributed by atoms with Gasteiger partial charge in [0, 0.05) is 5.02 Å². The molecule has 1 amide bonds. The van der Waals surface area contributed by atoms with Crippen LogP contribution in [-0.4, -0.2) is 19.0 Å². The Bertz CT molecular complexity index is 693. The first-order chi connectivity index (χ1) is 11.0. The van der Waals surface area contributed by atoms with Gasteiger partial charge in [-0.25, -0.2) is 0 Å². The van der Waals surface area contributed by atoms with Gasteiger partial charge in [0.2, 0.25) is 0 Å².